The quantitative estimate of drug-likeness (QED) is 0.262. The third kappa shape index (κ3) is 7.73. The van der Waals surface area contributed by atoms with E-state index < -0.39 is 16.1 Å². The molecule has 4 aromatic rings. The Morgan fingerprint density at radius 1 is 1.04 bits per heavy atom. The Balaban J connectivity index is 1.41. The zero-order valence-electron chi connectivity index (χ0n) is 29.7. The predicted molar refractivity (Wildman–Crippen MR) is 192 cm³/mol. The van der Waals surface area contributed by atoms with Gasteiger partial charge in [0.15, 0.2) is 0 Å². The first-order valence-corrected chi connectivity index (χ1v) is 18.2. The molecule has 50 heavy (non-hydrogen) atoms. The van der Waals surface area contributed by atoms with E-state index in [1.807, 2.05) is 32.0 Å². The van der Waals surface area contributed by atoms with E-state index in [2.05, 4.69) is 57.3 Å². The minimum absolute atomic E-state index is 0.0803. The maximum Gasteiger partial charge on any atom is 0.264 e. The number of aromatic nitrogens is 4. The lowest BCUT2D eigenvalue weighted by Crippen LogP contribution is -2.45. The van der Waals surface area contributed by atoms with Crippen molar-refractivity contribution in [3.8, 4) is 17.1 Å². The topological polar surface area (TPSA) is 140 Å². The van der Waals surface area contributed by atoms with Crippen molar-refractivity contribution < 1.29 is 22.7 Å². The van der Waals surface area contributed by atoms with Gasteiger partial charge < -0.3 is 19.3 Å². The molecule has 13 heteroatoms. The van der Waals surface area contributed by atoms with Crippen LogP contribution in [0, 0.1) is 19.3 Å². The molecule has 12 nitrogen and oxygen atoms in total. The lowest BCUT2D eigenvalue weighted by atomic mass is 9.87. The number of amides is 1. The number of carbonyl (C=O) groups is 1. The molecule has 2 aromatic heterocycles. The lowest BCUT2D eigenvalue weighted by Gasteiger charge is -2.35. The summed E-state index contributed by atoms with van der Waals surface area (Å²) in [6.45, 7) is 14.1. The van der Waals surface area contributed by atoms with E-state index in [-0.39, 0.29) is 52.4 Å². The molecule has 4 heterocycles. The fraction of sp³-hybridized carbons (Fsp3) is 0.432. The number of anilines is 2. The molecule has 0 aliphatic carbocycles. The number of aryl methyl sites for hydroxylation is 2. The monoisotopic (exact) mass is 699 g/mol. The van der Waals surface area contributed by atoms with Crippen LogP contribution in [0.25, 0.3) is 11.3 Å². The molecule has 1 fully saturated rings. The van der Waals surface area contributed by atoms with Crippen molar-refractivity contribution in [2.45, 2.75) is 77.5 Å². The van der Waals surface area contributed by atoms with Crippen molar-refractivity contribution in [3.05, 3.63) is 83.4 Å². The molecule has 264 valence electrons. The average molecular weight is 700 g/mol. The van der Waals surface area contributed by atoms with Crippen LogP contribution in [0.3, 0.4) is 0 Å². The van der Waals surface area contributed by atoms with Gasteiger partial charge in [0.1, 0.15) is 12.4 Å². The number of methoxy groups -OCH3 is 1. The summed E-state index contributed by atoms with van der Waals surface area (Å²) in [5.41, 5.74) is 3.97. The zero-order valence-corrected chi connectivity index (χ0v) is 30.5. The summed E-state index contributed by atoms with van der Waals surface area (Å²) < 4.78 is 42.0. The molecule has 2 aliphatic rings. The van der Waals surface area contributed by atoms with Crippen molar-refractivity contribution >= 4 is 27.6 Å². The Morgan fingerprint density at radius 3 is 2.40 bits per heavy atom. The predicted octanol–water partition coefficient (Wildman–Crippen LogP) is 5.81. The van der Waals surface area contributed by atoms with Gasteiger partial charge in [0, 0.05) is 37.4 Å². The maximum absolute atomic E-state index is 14.5. The second-order valence-corrected chi connectivity index (χ2v) is 16.3. The molecule has 6 rings (SSSR count). The first-order valence-electron chi connectivity index (χ1n) is 16.8. The van der Waals surface area contributed by atoms with Gasteiger partial charge in [-0.2, -0.15) is 4.98 Å². The molecular weight excluding hydrogens is 655 g/mol. The molecule has 1 unspecified atom stereocenters. The number of sulfonamides is 1. The van der Waals surface area contributed by atoms with Crippen LogP contribution in [-0.4, -0.2) is 77.6 Å². The van der Waals surface area contributed by atoms with Crippen molar-refractivity contribution in [3.63, 3.8) is 0 Å². The van der Waals surface area contributed by atoms with Gasteiger partial charge in [-0.1, -0.05) is 45.0 Å². The molecule has 1 saturated heterocycles. The summed E-state index contributed by atoms with van der Waals surface area (Å²) in [7, 11) is -2.45. The van der Waals surface area contributed by atoms with Gasteiger partial charge in [-0.25, -0.2) is 28.1 Å². The third-order valence-corrected chi connectivity index (χ3v) is 10.7. The van der Waals surface area contributed by atoms with E-state index in [0.717, 1.165) is 41.9 Å². The highest BCUT2D eigenvalue weighted by Gasteiger charge is 2.35. The molecule has 4 bridgehead atoms. The minimum atomic E-state index is -4.18. The normalized spacial score (nSPS) is 20.7. The Labute approximate surface area is 294 Å². The van der Waals surface area contributed by atoms with Crippen LogP contribution in [0.4, 0.5) is 11.6 Å². The van der Waals surface area contributed by atoms with Crippen LogP contribution >= 0.6 is 0 Å². The molecule has 2 atom stereocenters. The van der Waals surface area contributed by atoms with Gasteiger partial charge in [0.2, 0.25) is 11.8 Å². The van der Waals surface area contributed by atoms with Gasteiger partial charge in [0.05, 0.1) is 46.9 Å². The van der Waals surface area contributed by atoms with Crippen molar-refractivity contribution in [2.24, 2.45) is 5.41 Å². The molecule has 0 saturated carbocycles. The van der Waals surface area contributed by atoms with E-state index in [1.165, 1.54) is 12.1 Å². The summed E-state index contributed by atoms with van der Waals surface area (Å²) in [4.78, 5) is 36.7. The number of hydrogen-bond acceptors (Lipinski definition) is 10. The molecule has 2 aromatic carbocycles. The van der Waals surface area contributed by atoms with Crippen LogP contribution in [0.15, 0.2) is 65.8 Å². The number of nitrogens with one attached hydrogen (secondary N) is 1. The molecule has 0 radical (unpaired) electrons. The Kier molecular flexibility index (Phi) is 9.57. The van der Waals surface area contributed by atoms with Crippen LogP contribution in [-0.2, 0) is 21.3 Å². The van der Waals surface area contributed by atoms with Crippen molar-refractivity contribution in [1.29, 1.82) is 0 Å². The SMILES string of the molecule is COC1(C)CCN(c2cnc(CN3C(=O)c4cccc(c4)S(=O)(=O)Nc4nc(cc(-c5c(C)cccc5C)n4)OC[C@H]3CC(C)(C)C)nc2)C1. The van der Waals surface area contributed by atoms with E-state index >= 15 is 0 Å². The number of ether oxygens (including phenoxy) is 2. The van der Waals surface area contributed by atoms with E-state index in [0.29, 0.717) is 17.9 Å². The third-order valence-electron chi connectivity index (χ3n) is 9.33. The largest absolute Gasteiger partial charge is 0.475 e. The van der Waals surface area contributed by atoms with Crippen LogP contribution in [0.1, 0.15) is 67.8 Å². The second-order valence-electron chi connectivity index (χ2n) is 14.7. The number of benzene rings is 2. The summed E-state index contributed by atoms with van der Waals surface area (Å²) in [5, 5.41) is 0. The van der Waals surface area contributed by atoms with Gasteiger partial charge in [-0.15, -0.1) is 0 Å². The Hall–Kier alpha value is -4.62. The van der Waals surface area contributed by atoms with Gasteiger partial charge in [-0.05, 0) is 68.4 Å². The van der Waals surface area contributed by atoms with Crippen molar-refractivity contribution in [1.82, 2.24) is 24.8 Å². The standard InChI is InChI=1S/C37H45N7O5S/c1-24-10-8-11-25(2)33(24)30-17-32-41-35(40-30)42-50(46,47)29-13-9-12-26(16-29)34(45)44(27(22-49-32)18-36(3,4)5)21-31-38-19-28(20-39-31)43-15-14-37(6,23-43)48-7/h8-13,16-17,19-20,27H,14-15,18,21-23H2,1-7H3,(H,40,41,42)/t27-,37?/m1/s1. The van der Waals surface area contributed by atoms with Gasteiger partial charge >= 0.3 is 0 Å². The fourth-order valence-electron chi connectivity index (χ4n) is 6.61. The van der Waals surface area contributed by atoms with Gasteiger partial charge in [-0.3, -0.25) is 4.79 Å². The molecule has 1 amide bonds. The number of fused-ring (bicyclic) bond motifs is 4. The number of hydrogen-bond donors (Lipinski definition) is 1. The summed E-state index contributed by atoms with van der Waals surface area (Å²) in [6.07, 6.45) is 5.02. The van der Waals surface area contributed by atoms with Crippen molar-refractivity contribution in [2.75, 3.05) is 36.4 Å². The second kappa shape index (κ2) is 13.6. The highest BCUT2D eigenvalue weighted by atomic mass is 32.2. The van der Waals surface area contributed by atoms with Crippen LogP contribution in [0.5, 0.6) is 5.88 Å². The fourth-order valence-corrected chi connectivity index (χ4v) is 7.60. The highest BCUT2D eigenvalue weighted by Crippen LogP contribution is 2.32. The summed E-state index contributed by atoms with van der Waals surface area (Å²) in [5.74, 6) is 0.141. The maximum atomic E-state index is 14.5. The zero-order chi connectivity index (χ0) is 35.8. The highest BCUT2D eigenvalue weighted by molar-refractivity contribution is 7.92. The molecular formula is C37H45N7O5S. The first-order chi connectivity index (χ1) is 23.6. The number of rotatable bonds is 6. The van der Waals surface area contributed by atoms with E-state index in [1.54, 1.807) is 42.6 Å². The molecule has 0 spiro atoms. The molecule has 2 aliphatic heterocycles. The van der Waals surface area contributed by atoms with E-state index in [9.17, 15) is 13.2 Å². The summed E-state index contributed by atoms with van der Waals surface area (Å²) >= 11 is 0. The van der Waals surface area contributed by atoms with E-state index in [4.69, 9.17) is 9.47 Å². The lowest BCUT2D eigenvalue weighted by molar-refractivity contribution is 0.0257. The minimum Gasteiger partial charge on any atom is -0.475 e. The Bertz CT molecular complexity index is 1980. The van der Waals surface area contributed by atoms with Gasteiger partial charge in [0.25, 0.3) is 15.9 Å². The Morgan fingerprint density at radius 2 is 1.74 bits per heavy atom. The number of nitrogens with zero attached hydrogens (tertiary/aromatic N) is 6. The van der Waals surface area contributed by atoms with Crippen LogP contribution in [0.2, 0.25) is 0 Å². The summed E-state index contributed by atoms with van der Waals surface area (Å²) in [6, 6.07) is 13.2. The molecule has 1 N–H and O–H groups in total. The average Bonchev–Trinajstić information content (AvgIpc) is 3.47. The smallest absolute Gasteiger partial charge is 0.264 e. The first kappa shape index (κ1) is 35.2. The number of carbonyl (C=O) groups excluding carboxylic acids is 1. The van der Waals surface area contributed by atoms with Crippen LogP contribution < -0.4 is 14.4 Å².